The topological polar surface area (TPSA) is 99.7 Å². The van der Waals surface area contributed by atoms with Gasteiger partial charge in [-0.05, 0) is 89.5 Å². The van der Waals surface area contributed by atoms with Gasteiger partial charge in [-0.2, -0.15) is 0 Å². The number of carbonyl (C=O) groups excluding carboxylic acids is 2. The van der Waals surface area contributed by atoms with Gasteiger partial charge < -0.3 is 33.2 Å². The third kappa shape index (κ3) is 12.9. The molecule has 0 bridgehead atoms. The van der Waals surface area contributed by atoms with Gasteiger partial charge >= 0.3 is 12.1 Å². The molecule has 52 heavy (non-hydrogen) atoms. The highest BCUT2D eigenvalue weighted by Gasteiger charge is 2.44. The van der Waals surface area contributed by atoms with Crippen molar-refractivity contribution in [3.8, 4) is 0 Å². The van der Waals surface area contributed by atoms with Gasteiger partial charge in [-0.3, -0.25) is 9.78 Å². The Kier molecular flexibility index (Phi) is 16.3. The van der Waals surface area contributed by atoms with E-state index in [1.54, 1.807) is 11.1 Å². The summed E-state index contributed by atoms with van der Waals surface area (Å²) in [6, 6.07) is 5.90. The molecule has 0 aliphatic carbocycles. The van der Waals surface area contributed by atoms with Gasteiger partial charge in [-0.25, -0.2) is 4.79 Å². The van der Waals surface area contributed by atoms with Gasteiger partial charge in [0.1, 0.15) is 11.7 Å². The van der Waals surface area contributed by atoms with E-state index in [0.29, 0.717) is 32.5 Å². The fourth-order valence-electron chi connectivity index (χ4n) is 6.28. The van der Waals surface area contributed by atoms with Crippen LogP contribution in [0.5, 0.6) is 0 Å². The number of pyridine rings is 1. The summed E-state index contributed by atoms with van der Waals surface area (Å²) in [6.07, 6.45) is 10.2. The number of hydrogen-bond donors (Lipinski definition) is 0. The molecule has 1 amide bonds. The zero-order chi connectivity index (χ0) is 38.7. The molecular formula is C41H67N3O7Si. The zero-order valence-corrected chi connectivity index (χ0v) is 35.0. The Bertz CT molecular complexity index is 1370. The molecule has 1 saturated heterocycles. The summed E-state index contributed by atoms with van der Waals surface area (Å²) in [6.45, 7) is 26.0. The fourth-order valence-corrected chi connectivity index (χ4v) is 7.67. The third-order valence-electron chi connectivity index (χ3n) is 10.7. The number of likely N-dealkylation sites (N-methyl/N-ethyl adjacent to an activating group) is 1. The molecule has 3 rings (SSSR count). The summed E-state index contributed by atoms with van der Waals surface area (Å²) in [7, 11) is -0.238. The van der Waals surface area contributed by atoms with Crippen LogP contribution in [0.4, 0.5) is 4.79 Å². The number of cyclic esters (lactones) is 1. The number of nitrogens with zero attached hydrogens (tertiary/aromatic N) is 3. The molecule has 0 N–H and O–H groups in total. The first-order valence-electron chi connectivity index (χ1n) is 19.1. The van der Waals surface area contributed by atoms with E-state index in [1.165, 1.54) is 0 Å². The number of piperazine rings is 1. The second-order valence-electron chi connectivity index (χ2n) is 16.3. The Morgan fingerprint density at radius 2 is 1.85 bits per heavy atom. The van der Waals surface area contributed by atoms with Crippen molar-refractivity contribution in [3.05, 3.63) is 66.0 Å². The number of ether oxygens (including phenoxy) is 4. The SMILES string of the molecule is CCOC(C)O[C@]1(C)CC[C@@H](O[Si](C)(C)C(C)(C)C)CC(=O)O[C@H](C(C)=CC=C[C@@H](C)c2ccccn2)[C@@H](C)/C=C/[C@@H]1OC(=O)N1CCN(C)CC1. The average molecular weight is 742 g/mol. The second kappa shape index (κ2) is 19.5. The number of esters is 1. The Labute approximate surface area is 315 Å². The molecule has 11 heteroatoms. The quantitative estimate of drug-likeness (QED) is 0.0730. The molecule has 7 atom stereocenters. The van der Waals surface area contributed by atoms with E-state index < -0.39 is 38.5 Å². The van der Waals surface area contributed by atoms with Crippen molar-refractivity contribution < 1.29 is 33.0 Å². The lowest BCUT2D eigenvalue weighted by Crippen LogP contribution is -2.52. The molecule has 3 heterocycles. The van der Waals surface area contributed by atoms with Crippen LogP contribution in [0.3, 0.4) is 0 Å². The maximum atomic E-state index is 13.8. The molecule has 0 spiro atoms. The van der Waals surface area contributed by atoms with Crippen molar-refractivity contribution in [2.45, 2.75) is 136 Å². The molecule has 0 saturated carbocycles. The van der Waals surface area contributed by atoms with E-state index in [-0.39, 0.29) is 35.4 Å². The van der Waals surface area contributed by atoms with E-state index in [9.17, 15) is 9.59 Å². The van der Waals surface area contributed by atoms with Crippen LogP contribution in [0.2, 0.25) is 18.1 Å². The number of hydrogen-bond acceptors (Lipinski definition) is 9. The van der Waals surface area contributed by atoms with Crippen LogP contribution < -0.4 is 0 Å². The first-order valence-corrected chi connectivity index (χ1v) is 22.0. The van der Waals surface area contributed by atoms with Gasteiger partial charge in [0.15, 0.2) is 20.7 Å². The van der Waals surface area contributed by atoms with Crippen LogP contribution >= 0.6 is 0 Å². The summed E-state index contributed by atoms with van der Waals surface area (Å²) < 4.78 is 32.1. The molecule has 0 radical (unpaired) electrons. The van der Waals surface area contributed by atoms with Gasteiger partial charge in [0.05, 0.1) is 12.5 Å². The minimum atomic E-state index is -2.29. The van der Waals surface area contributed by atoms with Crippen LogP contribution in [-0.2, 0) is 28.2 Å². The molecule has 1 fully saturated rings. The van der Waals surface area contributed by atoms with Gasteiger partial charge in [0, 0.05) is 56.5 Å². The Balaban J connectivity index is 2.05. The van der Waals surface area contributed by atoms with Gasteiger partial charge in [0.2, 0.25) is 0 Å². The third-order valence-corrected chi connectivity index (χ3v) is 15.3. The molecular weight excluding hydrogens is 675 g/mol. The lowest BCUT2D eigenvalue weighted by molar-refractivity contribution is -0.222. The van der Waals surface area contributed by atoms with Crippen LogP contribution in [-0.4, -0.2) is 105 Å². The molecule has 1 aromatic rings. The van der Waals surface area contributed by atoms with E-state index >= 15 is 0 Å². The number of carbonyl (C=O) groups is 2. The Hall–Kier alpha value is -2.83. The largest absolute Gasteiger partial charge is 0.457 e. The maximum absolute atomic E-state index is 13.8. The predicted molar refractivity (Wildman–Crippen MR) is 210 cm³/mol. The van der Waals surface area contributed by atoms with Crippen molar-refractivity contribution >= 4 is 20.4 Å². The monoisotopic (exact) mass is 741 g/mol. The van der Waals surface area contributed by atoms with Gasteiger partial charge in [0.25, 0.3) is 0 Å². The minimum absolute atomic E-state index is 0.0672. The highest BCUT2D eigenvalue weighted by Crippen LogP contribution is 2.39. The standard InChI is InChI=1S/C41H67N3O7Si/c1-13-47-33(5)50-41(9)23-22-34(51-52(11,12)40(6,7)8)29-37(45)49-38(31(3)18-16-17-30(2)35-19-14-15-24-42-35)32(4)20-21-36(41)48-39(46)44-27-25-43(10)26-28-44/h14-21,24,30,32-34,36,38H,13,22-23,25-29H2,1-12H3/b17-16?,21-20+,31-18?/t30-,32+,33?,34-,36+,38-,41-/m1/s1. The highest BCUT2D eigenvalue weighted by atomic mass is 28.4. The van der Waals surface area contributed by atoms with Crippen LogP contribution in [0.25, 0.3) is 0 Å². The summed E-state index contributed by atoms with van der Waals surface area (Å²) in [4.78, 5) is 36.0. The van der Waals surface area contributed by atoms with Crippen LogP contribution in [0, 0.1) is 5.92 Å². The number of rotatable bonds is 11. The first-order chi connectivity index (χ1) is 24.3. The van der Waals surface area contributed by atoms with E-state index in [0.717, 1.165) is 24.4 Å². The molecule has 2 aliphatic heterocycles. The van der Waals surface area contributed by atoms with Crippen molar-refractivity contribution in [3.63, 3.8) is 0 Å². The second-order valence-corrected chi connectivity index (χ2v) is 21.0. The van der Waals surface area contributed by atoms with E-state index in [4.69, 9.17) is 23.4 Å². The van der Waals surface area contributed by atoms with Crippen molar-refractivity contribution in [2.24, 2.45) is 5.92 Å². The van der Waals surface area contributed by atoms with Crippen molar-refractivity contribution in [1.82, 2.24) is 14.8 Å². The van der Waals surface area contributed by atoms with Crippen molar-refractivity contribution in [1.29, 1.82) is 0 Å². The summed E-state index contributed by atoms with van der Waals surface area (Å²) >= 11 is 0. The van der Waals surface area contributed by atoms with E-state index in [2.05, 4.69) is 63.8 Å². The fraction of sp³-hybridized carbons (Fsp3) is 0.683. The molecule has 1 unspecified atom stereocenters. The molecule has 2 aliphatic rings. The lowest BCUT2D eigenvalue weighted by Gasteiger charge is -2.42. The lowest BCUT2D eigenvalue weighted by atomic mass is 9.88. The number of amides is 1. The summed E-state index contributed by atoms with van der Waals surface area (Å²) in [5, 5.41) is -0.0672. The first kappa shape index (κ1) is 43.6. The maximum Gasteiger partial charge on any atom is 0.410 e. The number of allylic oxidation sites excluding steroid dienone is 3. The van der Waals surface area contributed by atoms with Gasteiger partial charge in [-0.1, -0.05) is 65.0 Å². The predicted octanol–water partition coefficient (Wildman–Crippen LogP) is 8.28. The molecule has 292 valence electrons. The minimum Gasteiger partial charge on any atom is -0.457 e. The highest BCUT2D eigenvalue weighted by molar-refractivity contribution is 6.74. The molecule has 10 nitrogen and oxygen atoms in total. The summed E-state index contributed by atoms with van der Waals surface area (Å²) in [5.41, 5.74) is 0.881. The molecule has 0 aromatic carbocycles. The molecule has 1 aromatic heterocycles. The Morgan fingerprint density at radius 1 is 1.15 bits per heavy atom. The number of aromatic nitrogens is 1. The zero-order valence-electron chi connectivity index (χ0n) is 34.0. The van der Waals surface area contributed by atoms with Crippen LogP contribution in [0.1, 0.15) is 93.2 Å². The Morgan fingerprint density at radius 3 is 2.46 bits per heavy atom. The smallest absolute Gasteiger partial charge is 0.410 e. The van der Waals surface area contributed by atoms with Gasteiger partial charge in [-0.15, -0.1) is 0 Å². The van der Waals surface area contributed by atoms with E-state index in [1.807, 2.05) is 77.1 Å². The summed E-state index contributed by atoms with van der Waals surface area (Å²) in [5.74, 6) is -0.446. The van der Waals surface area contributed by atoms with Crippen LogP contribution in [0.15, 0.2) is 60.3 Å². The van der Waals surface area contributed by atoms with Crippen molar-refractivity contribution in [2.75, 3.05) is 39.8 Å². The average Bonchev–Trinajstić information content (AvgIpc) is 3.07. The normalized spacial score (nSPS) is 28.0.